The molecule has 1 heteroatoms. The fourth-order valence-corrected chi connectivity index (χ4v) is 0.716. The van der Waals surface area contributed by atoms with E-state index in [4.69, 9.17) is 0 Å². The van der Waals surface area contributed by atoms with Crippen LogP contribution in [0.3, 0.4) is 0 Å². The lowest BCUT2D eigenvalue weighted by molar-refractivity contribution is 0.691. The van der Waals surface area contributed by atoms with E-state index in [-0.39, 0.29) is 0 Å². The molecule has 47 valence electrons. The molecule has 0 aromatic rings. The lowest BCUT2D eigenvalue weighted by Gasteiger charge is -1.96. The van der Waals surface area contributed by atoms with Crippen molar-refractivity contribution in [3.63, 3.8) is 0 Å². The molecule has 1 rings (SSSR count). The summed E-state index contributed by atoms with van der Waals surface area (Å²) in [5.41, 5.74) is 0. The molecule has 0 saturated heterocycles. The highest BCUT2D eigenvalue weighted by atomic mass is 14.9. The molecule has 1 nitrogen and oxygen atoms in total. The Balaban J connectivity index is 1.74. The third-order valence-corrected chi connectivity index (χ3v) is 1.45. The van der Waals surface area contributed by atoms with E-state index in [9.17, 15) is 0 Å². The summed E-state index contributed by atoms with van der Waals surface area (Å²) in [7, 11) is 0. The van der Waals surface area contributed by atoms with Gasteiger partial charge < -0.3 is 5.32 Å². The summed E-state index contributed by atoms with van der Waals surface area (Å²) in [5, 5.41) is 3.27. The fraction of sp³-hybridized carbons (Fsp3) is 0.857. The van der Waals surface area contributed by atoms with Crippen molar-refractivity contribution < 1.29 is 0 Å². The van der Waals surface area contributed by atoms with Gasteiger partial charge in [0.05, 0.1) is 0 Å². The van der Waals surface area contributed by atoms with Gasteiger partial charge in [0, 0.05) is 6.54 Å². The Bertz CT molecular complexity index is 57.4. The molecule has 8 heavy (non-hydrogen) atoms. The molecule has 0 spiro atoms. The Morgan fingerprint density at radius 3 is 2.88 bits per heavy atom. The minimum Gasteiger partial charge on any atom is -0.312 e. The van der Waals surface area contributed by atoms with Crippen LogP contribution in [0.25, 0.3) is 0 Å². The number of rotatable bonds is 4. The second kappa shape index (κ2) is 3.08. The predicted molar refractivity (Wildman–Crippen MR) is 35.3 cm³/mol. The molecule has 1 radical (unpaired) electrons. The third kappa shape index (κ3) is 2.31. The zero-order valence-corrected chi connectivity index (χ0v) is 5.48. The number of hydrogen-bond donors (Lipinski definition) is 1. The fourth-order valence-electron chi connectivity index (χ4n) is 0.716. The van der Waals surface area contributed by atoms with E-state index in [0.717, 1.165) is 12.3 Å². The first-order valence-electron chi connectivity index (χ1n) is 3.48. The van der Waals surface area contributed by atoms with Crippen molar-refractivity contribution in [2.75, 3.05) is 6.54 Å². The Hall–Kier alpha value is -0.0400. The standard InChI is InChI=1S/C7H14N/c1-2-5-8-6-7-3-4-7/h5,7-8H,2-4,6H2,1H3. The molecular weight excluding hydrogens is 98.1 g/mol. The minimum absolute atomic E-state index is 1.01. The summed E-state index contributed by atoms with van der Waals surface area (Å²) in [6.07, 6.45) is 4.04. The van der Waals surface area contributed by atoms with Crippen LogP contribution in [0.1, 0.15) is 26.2 Å². The van der Waals surface area contributed by atoms with Crippen molar-refractivity contribution in [2.24, 2.45) is 5.92 Å². The van der Waals surface area contributed by atoms with E-state index in [1.54, 1.807) is 0 Å². The van der Waals surface area contributed by atoms with Gasteiger partial charge in [-0.05, 0) is 31.7 Å². The molecule has 0 amide bonds. The van der Waals surface area contributed by atoms with Crippen molar-refractivity contribution in [3.05, 3.63) is 6.54 Å². The summed E-state index contributed by atoms with van der Waals surface area (Å²) in [6.45, 7) is 5.51. The van der Waals surface area contributed by atoms with Gasteiger partial charge >= 0.3 is 0 Å². The SMILES string of the molecule is CC[CH]NCC1CC1. The average Bonchev–Trinajstić information content (AvgIpc) is 2.51. The Labute approximate surface area is 51.5 Å². The van der Waals surface area contributed by atoms with Gasteiger partial charge in [-0.1, -0.05) is 6.92 Å². The molecule has 1 aliphatic rings. The molecule has 0 atom stereocenters. The van der Waals surface area contributed by atoms with Crippen LogP contribution in [-0.4, -0.2) is 6.54 Å². The molecular formula is C7H14N. The van der Waals surface area contributed by atoms with Crippen molar-refractivity contribution >= 4 is 0 Å². The minimum atomic E-state index is 1.01. The molecule has 0 aliphatic heterocycles. The van der Waals surface area contributed by atoms with E-state index < -0.39 is 0 Å². The lowest BCUT2D eigenvalue weighted by atomic mass is 10.4. The first-order valence-corrected chi connectivity index (χ1v) is 3.48. The van der Waals surface area contributed by atoms with Gasteiger partial charge in [0.2, 0.25) is 0 Å². The maximum atomic E-state index is 3.27. The lowest BCUT2D eigenvalue weighted by Crippen LogP contribution is -2.12. The highest BCUT2D eigenvalue weighted by Crippen LogP contribution is 2.27. The van der Waals surface area contributed by atoms with Gasteiger partial charge in [-0.3, -0.25) is 0 Å². The van der Waals surface area contributed by atoms with Gasteiger partial charge in [-0.15, -0.1) is 0 Å². The number of hydrogen-bond acceptors (Lipinski definition) is 1. The summed E-state index contributed by atoms with van der Waals surface area (Å²) < 4.78 is 0. The van der Waals surface area contributed by atoms with E-state index in [2.05, 4.69) is 18.8 Å². The molecule has 0 heterocycles. The molecule has 0 bridgehead atoms. The maximum absolute atomic E-state index is 3.27. The zero-order chi connectivity index (χ0) is 5.82. The molecule has 0 unspecified atom stereocenters. The predicted octanol–water partition coefficient (Wildman–Crippen LogP) is 1.56. The highest BCUT2D eigenvalue weighted by Gasteiger charge is 2.19. The van der Waals surface area contributed by atoms with Gasteiger partial charge in [0.25, 0.3) is 0 Å². The van der Waals surface area contributed by atoms with Crippen molar-refractivity contribution in [2.45, 2.75) is 26.2 Å². The van der Waals surface area contributed by atoms with Crippen LogP contribution in [0.2, 0.25) is 0 Å². The van der Waals surface area contributed by atoms with E-state index in [0.29, 0.717) is 0 Å². The van der Waals surface area contributed by atoms with Crippen LogP contribution in [0, 0.1) is 12.5 Å². The normalized spacial score (nSPS) is 19.1. The van der Waals surface area contributed by atoms with Crippen LogP contribution < -0.4 is 5.32 Å². The molecule has 1 aliphatic carbocycles. The molecule has 1 N–H and O–H groups in total. The van der Waals surface area contributed by atoms with Gasteiger partial charge in [0.1, 0.15) is 0 Å². The van der Waals surface area contributed by atoms with Crippen LogP contribution >= 0.6 is 0 Å². The Morgan fingerprint density at radius 2 is 2.38 bits per heavy atom. The summed E-state index contributed by atoms with van der Waals surface area (Å²) >= 11 is 0. The van der Waals surface area contributed by atoms with Crippen LogP contribution in [-0.2, 0) is 0 Å². The first kappa shape index (κ1) is 6.09. The monoisotopic (exact) mass is 112 g/mol. The molecule has 1 saturated carbocycles. The Morgan fingerprint density at radius 1 is 1.62 bits per heavy atom. The second-order valence-corrected chi connectivity index (χ2v) is 2.46. The van der Waals surface area contributed by atoms with Crippen LogP contribution in [0.4, 0.5) is 0 Å². The molecule has 0 aromatic heterocycles. The Kier molecular flexibility index (Phi) is 2.34. The molecule has 0 aromatic carbocycles. The highest BCUT2D eigenvalue weighted by molar-refractivity contribution is 4.76. The molecule has 1 fully saturated rings. The smallest absolute Gasteiger partial charge is 0.0218 e. The van der Waals surface area contributed by atoms with E-state index in [1.807, 2.05) is 0 Å². The topological polar surface area (TPSA) is 12.0 Å². The van der Waals surface area contributed by atoms with Gasteiger partial charge in [0.15, 0.2) is 0 Å². The van der Waals surface area contributed by atoms with Gasteiger partial charge in [-0.25, -0.2) is 0 Å². The van der Waals surface area contributed by atoms with Gasteiger partial charge in [-0.2, -0.15) is 0 Å². The number of nitrogens with one attached hydrogen (secondary N) is 1. The summed E-state index contributed by atoms with van der Waals surface area (Å²) in [5.74, 6) is 1.01. The average molecular weight is 112 g/mol. The van der Waals surface area contributed by atoms with Crippen LogP contribution in [0.15, 0.2) is 0 Å². The van der Waals surface area contributed by atoms with Crippen molar-refractivity contribution in [1.82, 2.24) is 5.32 Å². The van der Waals surface area contributed by atoms with E-state index >= 15 is 0 Å². The third-order valence-electron chi connectivity index (χ3n) is 1.45. The summed E-state index contributed by atoms with van der Waals surface area (Å²) in [6, 6.07) is 0. The largest absolute Gasteiger partial charge is 0.312 e. The zero-order valence-electron chi connectivity index (χ0n) is 5.48. The van der Waals surface area contributed by atoms with Crippen LogP contribution in [0.5, 0.6) is 0 Å². The van der Waals surface area contributed by atoms with E-state index in [1.165, 1.54) is 19.4 Å². The second-order valence-electron chi connectivity index (χ2n) is 2.46. The quantitative estimate of drug-likeness (QED) is 0.544. The van der Waals surface area contributed by atoms with Crippen molar-refractivity contribution in [3.8, 4) is 0 Å². The summed E-state index contributed by atoms with van der Waals surface area (Å²) in [4.78, 5) is 0. The van der Waals surface area contributed by atoms with Crippen molar-refractivity contribution in [1.29, 1.82) is 0 Å². The first-order chi connectivity index (χ1) is 3.93. The maximum Gasteiger partial charge on any atom is 0.0218 e.